The molecule has 0 saturated carbocycles. The van der Waals surface area contributed by atoms with Gasteiger partial charge in [0.25, 0.3) is 0 Å². The normalized spacial score (nSPS) is 9.71. The van der Waals surface area contributed by atoms with E-state index in [4.69, 9.17) is 18.0 Å². The lowest BCUT2D eigenvalue weighted by molar-refractivity contribution is 1.67. The highest BCUT2D eigenvalue weighted by molar-refractivity contribution is 7.11. The Bertz CT molecular complexity index is 491. The lowest BCUT2D eigenvalue weighted by Gasteiger charge is -1.96. The minimum atomic E-state index is 0.746. The van der Waals surface area contributed by atoms with Crippen molar-refractivity contribution in [1.29, 1.82) is 0 Å². The molecule has 68 valence electrons. The SMILES string of the molecule is C#Cc1cc(-c2cccc(Cl)c2)cs1. The van der Waals surface area contributed by atoms with E-state index in [0.29, 0.717) is 0 Å². The summed E-state index contributed by atoms with van der Waals surface area (Å²) in [7, 11) is 0. The molecule has 0 saturated heterocycles. The zero-order valence-corrected chi connectivity index (χ0v) is 8.90. The number of halogens is 1. The molecule has 1 aromatic heterocycles. The number of benzene rings is 1. The zero-order valence-electron chi connectivity index (χ0n) is 7.33. The summed E-state index contributed by atoms with van der Waals surface area (Å²) in [6, 6.07) is 9.75. The van der Waals surface area contributed by atoms with Crippen molar-refractivity contribution in [2.75, 3.05) is 0 Å². The summed E-state index contributed by atoms with van der Waals surface area (Å²) in [6.45, 7) is 0. The van der Waals surface area contributed by atoms with E-state index >= 15 is 0 Å². The van der Waals surface area contributed by atoms with Crippen molar-refractivity contribution in [2.24, 2.45) is 0 Å². The minimum Gasteiger partial charge on any atom is -0.135 e. The summed E-state index contributed by atoms with van der Waals surface area (Å²) < 4.78 is 0. The molecule has 2 aromatic rings. The molecule has 2 heteroatoms. The molecular formula is C12H7ClS. The summed E-state index contributed by atoms with van der Waals surface area (Å²) in [6.07, 6.45) is 5.31. The van der Waals surface area contributed by atoms with E-state index in [0.717, 1.165) is 21.0 Å². The molecule has 0 aliphatic carbocycles. The van der Waals surface area contributed by atoms with Crippen LogP contribution in [-0.4, -0.2) is 0 Å². The first-order chi connectivity index (χ1) is 6.79. The van der Waals surface area contributed by atoms with Crippen molar-refractivity contribution in [3.63, 3.8) is 0 Å². The molecule has 0 aliphatic rings. The fourth-order valence-corrected chi connectivity index (χ4v) is 2.14. The quantitative estimate of drug-likeness (QED) is 0.634. The third-order valence-corrected chi connectivity index (χ3v) is 3.00. The fraction of sp³-hybridized carbons (Fsp3) is 0. The van der Waals surface area contributed by atoms with E-state index < -0.39 is 0 Å². The van der Waals surface area contributed by atoms with Gasteiger partial charge in [0.2, 0.25) is 0 Å². The average Bonchev–Trinajstić information content (AvgIpc) is 2.66. The van der Waals surface area contributed by atoms with Crippen LogP contribution in [0, 0.1) is 12.3 Å². The van der Waals surface area contributed by atoms with E-state index in [9.17, 15) is 0 Å². The molecule has 0 atom stereocenters. The summed E-state index contributed by atoms with van der Waals surface area (Å²) >= 11 is 7.47. The Labute approximate surface area is 92.2 Å². The number of hydrogen-bond donors (Lipinski definition) is 0. The molecule has 0 N–H and O–H groups in total. The highest BCUT2D eigenvalue weighted by atomic mass is 35.5. The van der Waals surface area contributed by atoms with Crippen LogP contribution in [0.25, 0.3) is 11.1 Å². The smallest absolute Gasteiger partial charge is 0.0772 e. The topological polar surface area (TPSA) is 0 Å². The van der Waals surface area contributed by atoms with Crippen molar-refractivity contribution in [1.82, 2.24) is 0 Å². The van der Waals surface area contributed by atoms with Gasteiger partial charge in [0.1, 0.15) is 0 Å². The van der Waals surface area contributed by atoms with Crippen molar-refractivity contribution in [3.05, 3.63) is 45.6 Å². The van der Waals surface area contributed by atoms with Gasteiger partial charge in [-0.1, -0.05) is 29.7 Å². The maximum atomic E-state index is 5.90. The van der Waals surface area contributed by atoms with Gasteiger partial charge in [0.15, 0.2) is 0 Å². The third kappa shape index (κ3) is 1.82. The molecule has 0 aliphatic heterocycles. The minimum absolute atomic E-state index is 0.746. The maximum Gasteiger partial charge on any atom is 0.0772 e. The van der Waals surface area contributed by atoms with Crippen LogP contribution < -0.4 is 0 Å². The molecule has 0 spiro atoms. The molecular weight excluding hydrogens is 212 g/mol. The lowest BCUT2D eigenvalue weighted by Crippen LogP contribution is -1.72. The van der Waals surface area contributed by atoms with Gasteiger partial charge in [-0.15, -0.1) is 17.8 Å². The molecule has 0 unspecified atom stereocenters. The highest BCUT2D eigenvalue weighted by Gasteiger charge is 2.00. The Kier molecular flexibility index (Phi) is 2.58. The number of terminal acetylenes is 1. The standard InChI is InChI=1S/C12H7ClS/c1-2-12-7-10(8-14-12)9-4-3-5-11(13)6-9/h1,3-8H. The van der Waals surface area contributed by atoms with Crippen LogP contribution in [0.3, 0.4) is 0 Å². The second-order valence-corrected chi connectivity index (χ2v) is 4.20. The van der Waals surface area contributed by atoms with Crippen molar-refractivity contribution in [2.45, 2.75) is 0 Å². The third-order valence-electron chi connectivity index (χ3n) is 1.90. The highest BCUT2D eigenvalue weighted by Crippen LogP contribution is 2.26. The largest absolute Gasteiger partial charge is 0.135 e. The molecule has 2 rings (SSSR count). The Morgan fingerprint density at radius 2 is 2.07 bits per heavy atom. The predicted molar refractivity (Wildman–Crippen MR) is 62.7 cm³/mol. The first-order valence-electron chi connectivity index (χ1n) is 4.10. The number of thiophene rings is 1. The van der Waals surface area contributed by atoms with Crippen molar-refractivity contribution >= 4 is 22.9 Å². The molecule has 1 heterocycles. The van der Waals surface area contributed by atoms with Gasteiger partial charge in [-0.2, -0.15) is 0 Å². The molecule has 0 bridgehead atoms. The number of hydrogen-bond acceptors (Lipinski definition) is 1. The van der Waals surface area contributed by atoms with E-state index in [2.05, 4.69) is 5.92 Å². The summed E-state index contributed by atoms with van der Waals surface area (Å²) in [4.78, 5) is 0.944. The van der Waals surface area contributed by atoms with Crippen LogP contribution in [0.4, 0.5) is 0 Å². The van der Waals surface area contributed by atoms with Gasteiger partial charge in [-0.3, -0.25) is 0 Å². The van der Waals surface area contributed by atoms with Gasteiger partial charge < -0.3 is 0 Å². The van der Waals surface area contributed by atoms with Gasteiger partial charge in [0.05, 0.1) is 4.88 Å². The molecule has 14 heavy (non-hydrogen) atoms. The molecule has 0 nitrogen and oxygen atoms in total. The van der Waals surface area contributed by atoms with Crippen LogP contribution in [-0.2, 0) is 0 Å². The monoisotopic (exact) mass is 218 g/mol. The van der Waals surface area contributed by atoms with E-state index in [1.807, 2.05) is 35.7 Å². The number of rotatable bonds is 1. The second kappa shape index (κ2) is 3.88. The van der Waals surface area contributed by atoms with E-state index in [-0.39, 0.29) is 0 Å². The molecule has 1 aromatic carbocycles. The maximum absolute atomic E-state index is 5.90. The zero-order chi connectivity index (χ0) is 9.97. The van der Waals surface area contributed by atoms with Crippen LogP contribution in [0.2, 0.25) is 5.02 Å². The average molecular weight is 219 g/mol. The van der Waals surface area contributed by atoms with Crippen molar-refractivity contribution < 1.29 is 0 Å². The predicted octanol–water partition coefficient (Wildman–Crippen LogP) is 4.05. The van der Waals surface area contributed by atoms with Gasteiger partial charge in [0, 0.05) is 5.02 Å². The van der Waals surface area contributed by atoms with Gasteiger partial charge in [-0.25, -0.2) is 0 Å². The summed E-state index contributed by atoms with van der Waals surface area (Å²) in [5.41, 5.74) is 2.24. The first-order valence-corrected chi connectivity index (χ1v) is 5.36. The molecule has 0 fully saturated rings. The van der Waals surface area contributed by atoms with E-state index in [1.165, 1.54) is 0 Å². The van der Waals surface area contributed by atoms with Gasteiger partial charge >= 0.3 is 0 Å². The molecule has 0 amide bonds. The Morgan fingerprint density at radius 3 is 2.71 bits per heavy atom. The summed E-state index contributed by atoms with van der Waals surface area (Å²) in [5.74, 6) is 2.62. The Balaban J connectivity index is 2.45. The van der Waals surface area contributed by atoms with E-state index in [1.54, 1.807) is 11.3 Å². The van der Waals surface area contributed by atoms with Crippen LogP contribution in [0.1, 0.15) is 4.88 Å². The lowest BCUT2D eigenvalue weighted by atomic mass is 10.1. The van der Waals surface area contributed by atoms with Crippen LogP contribution in [0.5, 0.6) is 0 Å². The molecule has 0 radical (unpaired) electrons. The first kappa shape index (κ1) is 9.33. The summed E-state index contributed by atoms with van der Waals surface area (Å²) in [5, 5.41) is 2.79. The Hall–Kier alpha value is -1.23. The van der Waals surface area contributed by atoms with Crippen molar-refractivity contribution in [3.8, 4) is 23.5 Å². The van der Waals surface area contributed by atoms with Gasteiger partial charge in [-0.05, 0) is 34.7 Å². The van der Waals surface area contributed by atoms with Crippen LogP contribution in [0.15, 0.2) is 35.7 Å². The Morgan fingerprint density at radius 1 is 1.21 bits per heavy atom. The second-order valence-electron chi connectivity index (χ2n) is 2.85. The van der Waals surface area contributed by atoms with Crippen LogP contribution >= 0.6 is 22.9 Å². The fourth-order valence-electron chi connectivity index (χ4n) is 1.23.